The number of hydrogen-bond donors (Lipinski definition) is 1. The first kappa shape index (κ1) is 18.0. The molecule has 0 atom stereocenters. The van der Waals surface area contributed by atoms with Crippen LogP contribution in [0.25, 0.3) is 11.4 Å². The van der Waals surface area contributed by atoms with Gasteiger partial charge in [-0.25, -0.2) is 4.68 Å². The van der Waals surface area contributed by atoms with Gasteiger partial charge in [0, 0.05) is 11.7 Å². The standard InChI is InChI=1S/C19H24BN5O2/c1-17(2)18(3,4)27-20(26-17)12-6-7-14(23-11-12)15-13(10-21)16(22)25(24-15)19(5)8-9-19/h6-7,11H,8-9,22H2,1-5H3. The zero-order valence-corrected chi connectivity index (χ0v) is 16.4. The summed E-state index contributed by atoms with van der Waals surface area (Å²) in [5.41, 5.74) is 7.61. The molecule has 27 heavy (non-hydrogen) atoms. The number of hydrogen-bond acceptors (Lipinski definition) is 6. The molecule has 0 amide bonds. The predicted octanol–water partition coefficient (Wildman–Crippen LogP) is 2.21. The summed E-state index contributed by atoms with van der Waals surface area (Å²) < 4.78 is 13.9. The molecule has 3 heterocycles. The molecule has 8 heteroatoms. The van der Waals surface area contributed by atoms with Crippen molar-refractivity contribution in [3.8, 4) is 17.5 Å². The van der Waals surface area contributed by atoms with E-state index in [-0.39, 0.29) is 5.54 Å². The summed E-state index contributed by atoms with van der Waals surface area (Å²) in [5.74, 6) is 0.407. The maximum Gasteiger partial charge on any atom is 0.496 e. The van der Waals surface area contributed by atoms with E-state index in [1.54, 1.807) is 10.9 Å². The van der Waals surface area contributed by atoms with E-state index in [0.717, 1.165) is 18.3 Å². The maximum atomic E-state index is 9.55. The molecule has 1 saturated heterocycles. The van der Waals surface area contributed by atoms with Crippen molar-refractivity contribution in [3.05, 3.63) is 23.9 Å². The lowest BCUT2D eigenvalue weighted by atomic mass is 9.80. The van der Waals surface area contributed by atoms with Gasteiger partial charge in [0.1, 0.15) is 23.1 Å². The third kappa shape index (κ3) is 2.73. The van der Waals surface area contributed by atoms with Gasteiger partial charge in [-0.2, -0.15) is 10.4 Å². The molecular weight excluding hydrogens is 341 g/mol. The molecule has 0 radical (unpaired) electrons. The number of rotatable bonds is 3. The van der Waals surface area contributed by atoms with E-state index in [1.165, 1.54) is 0 Å². The van der Waals surface area contributed by atoms with Crippen molar-refractivity contribution in [2.45, 2.75) is 64.2 Å². The number of aromatic nitrogens is 3. The number of nitrogens with zero attached hydrogens (tertiary/aromatic N) is 4. The molecule has 2 aromatic rings. The number of nitriles is 1. The molecule has 140 valence electrons. The monoisotopic (exact) mass is 365 g/mol. The van der Waals surface area contributed by atoms with Gasteiger partial charge in [-0.1, -0.05) is 6.07 Å². The van der Waals surface area contributed by atoms with Gasteiger partial charge in [0.25, 0.3) is 0 Å². The van der Waals surface area contributed by atoms with Crippen molar-refractivity contribution < 1.29 is 9.31 Å². The van der Waals surface area contributed by atoms with E-state index >= 15 is 0 Å². The third-order valence-electron chi connectivity index (χ3n) is 6.07. The van der Waals surface area contributed by atoms with E-state index in [0.29, 0.717) is 22.8 Å². The smallest absolute Gasteiger partial charge is 0.399 e. The zero-order valence-electron chi connectivity index (χ0n) is 16.4. The highest BCUT2D eigenvalue weighted by Gasteiger charge is 2.51. The van der Waals surface area contributed by atoms with E-state index in [4.69, 9.17) is 15.0 Å². The number of pyridine rings is 1. The fourth-order valence-corrected chi connectivity index (χ4v) is 3.19. The molecule has 2 aliphatic rings. The lowest BCUT2D eigenvalue weighted by Crippen LogP contribution is -2.41. The molecule has 1 aliphatic heterocycles. The van der Waals surface area contributed by atoms with Gasteiger partial charge in [0.15, 0.2) is 0 Å². The number of nitrogens with two attached hydrogens (primary N) is 1. The van der Waals surface area contributed by atoms with Crippen molar-refractivity contribution >= 4 is 18.4 Å². The Kier molecular flexibility index (Phi) is 3.72. The normalized spacial score (nSPS) is 21.9. The highest BCUT2D eigenvalue weighted by Crippen LogP contribution is 2.45. The summed E-state index contributed by atoms with van der Waals surface area (Å²) in [6.07, 6.45) is 3.74. The first-order valence-electron chi connectivity index (χ1n) is 9.19. The largest absolute Gasteiger partial charge is 0.496 e. The predicted molar refractivity (Wildman–Crippen MR) is 103 cm³/mol. The number of nitrogen functional groups attached to an aromatic ring is 1. The van der Waals surface area contributed by atoms with E-state index in [9.17, 15) is 5.26 Å². The van der Waals surface area contributed by atoms with Gasteiger partial charge in [-0.05, 0) is 53.5 Å². The Bertz CT molecular complexity index is 922. The maximum absolute atomic E-state index is 9.55. The molecule has 2 N–H and O–H groups in total. The molecular formula is C19H24BN5O2. The Morgan fingerprint density at radius 2 is 1.78 bits per heavy atom. The van der Waals surface area contributed by atoms with E-state index in [2.05, 4.69) is 23.1 Å². The average Bonchev–Trinajstić information content (AvgIpc) is 3.18. The summed E-state index contributed by atoms with van der Waals surface area (Å²) >= 11 is 0. The molecule has 4 rings (SSSR count). The fraction of sp³-hybridized carbons (Fsp3) is 0.526. The molecule has 0 bridgehead atoms. The Morgan fingerprint density at radius 1 is 1.15 bits per heavy atom. The highest BCUT2D eigenvalue weighted by atomic mass is 16.7. The molecule has 2 aromatic heterocycles. The molecule has 0 aromatic carbocycles. The van der Waals surface area contributed by atoms with Gasteiger partial charge >= 0.3 is 7.12 Å². The minimum atomic E-state index is -0.472. The van der Waals surface area contributed by atoms with Gasteiger partial charge in [-0.3, -0.25) is 4.98 Å². The summed E-state index contributed by atoms with van der Waals surface area (Å²) in [4.78, 5) is 4.51. The Labute approximate surface area is 159 Å². The van der Waals surface area contributed by atoms with Crippen LogP contribution in [0.5, 0.6) is 0 Å². The lowest BCUT2D eigenvalue weighted by molar-refractivity contribution is 0.00578. The SMILES string of the molecule is CC1(n2nc(-c3ccc(B4OC(C)(C)C(C)(C)O4)cn3)c(C#N)c2N)CC1. The van der Waals surface area contributed by atoms with Gasteiger partial charge < -0.3 is 15.0 Å². The van der Waals surface area contributed by atoms with Crippen molar-refractivity contribution in [1.82, 2.24) is 14.8 Å². The second kappa shape index (κ2) is 5.57. The summed E-state index contributed by atoms with van der Waals surface area (Å²) in [6.45, 7) is 10.2. The van der Waals surface area contributed by atoms with Crippen molar-refractivity contribution in [3.63, 3.8) is 0 Å². The van der Waals surface area contributed by atoms with Crippen LogP contribution in [0.3, 0.4) is 0 Å². The minimum absolute atomic E-state index is 0.0867. The molecule has 0 spiro atoms. The van der Waals surface area contributed by atoms with E-state index in [1.807, 2.05) is 39.8 Å². The molecule has 1 saturated carbocycles. The van der Waals surface area contributed by atoms with Crippen LogP contribution in [0.2, 0.25) is 0 Å². The van der Waals surface area contributed by atoms with Crippen LogP contribution in [0, 0.1) is 11.3 Å². The Morgan fingerprint density at radius 3 is 2.26 bits per heavy atom. The molecule has 0 unspecified atom stereocenters. The van der Waals surface area contributed by atoms with E-state index < -0.39 is 18.3 Å². The van der Waals surface area contributed by atoms with Crippen LogP contribution >= 0.6 is 0 Å². The van der Waals surface area contributed by atoms with Gasteiger partial charge in [-0.15, -0.1) is 0 Å². The van der Waals surface area contributed by atoms with Crippen molar-refractivity contribution in [2.75, 3.05) is 5.73 Å². The zero-order chi connectivity index (χ0) is 19.6. The molecule has 7 nitrogen and oxygen atoms in total. The van der Waals surface area contributed by atoms with Crippen LogP contribution in [0.1, 0.15) is 53.0 Å². The van der Waals surface area contributed by atoms with Crippen molar-refractivity contribution in [2.24, 2.45) is 0 Å². The van der Waals surface area contributed by atoms with Crippen molar-refractivity contribution in [1.29, 1.82) is 5.26 Å². The first-order valence-corrected chi connectivity index (χ1v) is 9.19. The van der Waals surface area contributed by atoms with Gasteiger partial charge in [0.2, 0.25) is 0 Å². The summed E-state index contributed by atoms with van der Waals surface area (Å²) in [6, 6.07) is 5.91. The fourth-order valence-electron chi connectivity index (χ4n) is 3.19. The third-order valence-corrected chi connectivity index (χ3v) is 6.07. The Balaban J connectivity index is 1.65. The van der Waals surface area contributed by atoms with Crippen LogP contribution < -0.4 is 11.2 Å². The van der Waals surface area contributed by atoms with Crippen LogP contribution in [0.4, 0.5) is 5.82 Å². The second-order valence-corrected chi connectivity index (χ2v) is 8.69. The lowest BCUT2D eigenvalue weighted by Gasteiger charge is -2.32. The van der Waals surface area contributed by atoms with Crippen LogP contribution in [0.15, 0.2) is 18.3 Å². The van der Waals surface area contributed by atoms with Crippen LogP contribution in [-0.2, 0) is 14.8 Å². The average molecular weight is 365 g/mol. The second-order valence-electron chi connectivity index (χ2n) is 8.69. The first-order chi connectivity index (χ1) is 12.6. The highest BCUT2D eigenvalue weighted by molar-refractivity contribution is 6.62. The minimum Gasteiger partial charge on any atom is -0.399 e. The molecule has 1 aliphatic carbocycles. The number of anilines is 1. The van der Waals surface area contributed by atoms with Crippen LogP contribution in [-0.4, -0.2) is 33.1 Å². The van der Waals surface area contributed by atoms with Gasteiger partial charge in [0.05, 0.1) is 22.4 Å². The summed E-state index contributed by atoms with van der Waals surface area (Å²) in [7, 11) is -0.472. The quantitative estimate of drug-likeness (QED) is 0.838. The molecule has 2 fully saturated rings. The Hall–Kier alpha value is -2.37. The topological polar surface area (TPSA) is 99.0 Å². The summed E-state index contributed by atoms with van der Waals surface area (Å²) in [5, 5.41) is 14.2.